The van der Waals surface area contributed by atoms with Crippen LogP contribution < -0.4 is 10.6 Å². The zero-order valence-electron chi connectivity index (χ0n) is 17.9. The molecule has 8 nitrogen and oxygen atoms in total. The number of hydrogen-bond donors (Lipinski definition) is 2. The van der Waals surface area contributed by atoms with Gasteiger partial charge < -0.3 is 10.6 Å². The molecule has 1 aromatic heterocycles. The molecule has 1 atom stereocenters. The quantitative estimate of drug-likeness (QED) is 0.692. The second kappa shape index (κ2) is 9.79. The van der Waals surface area contributed by atoms with E-state index in [0.29, 0.717) is 57.3 Å². The Morgan fingerprint density at radius 1 is 1.19 bits per heavy atom. The summed E-state index contributed by atoms with van der Waals surface area (Å²) in [5, 5.41) is 5.75. The van der Waals surface area contributed by atoms with Crippen LogP contribution in [0.4, 0.5) is 5.69 Å². The second-order valence-electron chi connectivity index (χ2n) is 8.28. The average molecular weight is 457 g/mol. The SMILES string of the molecule is O=C1CCCc2cc(S(=O)(=O)N3CCCC(C(=O)NCCc4ccccn4)C3)ccc2N1. The number of aryl methyl sites for hydroxylation is 1. The minimum Gasteiger partial charge on any atom is -0.355 e. The van der Waals surface area contributed by atoms with Crippen LogP contribution in [0.3, 0.4) is 0 Å². The first-order valence-electron chi connectivity index (χ1n) is 11.0. The molecule has 2 N–H and O–H groups in total. The van der Waals surface area contributed by atoms with E-state index in [4.69, 9.17) is 0 Å². The summed E-state index contributed by atoms with van der Waals surface area (Å²) in [7, 11) is -3.72. The molecule has 2 amide bonds. The lowest BCUT2D eigenvalue weighted by Gasteiger charge is -2.31. The molecular formula is C23H28N4O4S. The van der Waals surface area contributed by atoms with E-state index in [0.717, 1.165) is 11.3 Å². The minimum atomic E-state index is -3.72. The van der Waals surface area contributed by atoms with Crippen molar-refractivity contribution in [3.8, 4) is 0 Å². The van der Waals surface area contributed by atoms with Crippen molar-refractivity contribution >= 4 is 27.5 Å². The highest BCUT2D eigenvalue weighted by Crippen LogP contribution is 2.29. The number of rotatable bonds is 6. The highest BCUT2D eigenvalue weighted by atomic mass is 32.2. The van der Waals surface area contributed by atoms with Crippen LogP contribution in [0, 0.1) is 5.92 Å². The van der Waals surface area contributed by atoms with Crippen molar-refractivity contribution in [1.29, 1.82) is 0 Å². The molecule has 0 aliphatic carbocycles. The third-order valence-corrected chi connectivity index (χ3v) is 7.86. The van der Waals surface area contributed by atoms with Crippen molar-refractivity contribution < 1.29 is 18.0 Å². The molecule has 170 valence electrons. The molecule has 2 aromatic rings. The number of pyridine rings is 1. The zero-order chi connectivity index (χ0) is 22.6. The molecule has 2 aliphatic rings. The maximum Gasteiger partial charge on any atom is 0.243 e. The third-order valence-electron chi connectivity index (χ3n) is 6.00. The molecule has 1 fully saturated rings. The lowest BCUT2D eigenvalue weighted by Crippen LogP contribution is -2.45. The van der Waals surface area contributed by atoms with E-state index in [-0.39, 0.29) is 29.2 Å². The lowest BCUT2D eigenvalue weighted by atomic mass is 9.99. The number of aromatic nitrogens is 1. The van der Waals surface area contributed by atoms with E-state index in [1.165, 1.54) is 10.4 Å². The number of benzene rings is 1. The Hall–Kier alpha value is -2.78. The van der Waals surface area contributed by atoms with Gasteiger partial charge in [0.2, 0.25) is 21.8 Å². The van der Waals surface area contributed by atoms with Gasteiger partial charge in [0.15, 0.2) is 0 Å². The first-order chi connectivity index (χ1) is 15.4. The van der Waals surface area contributed by atoms with Crippen molar-refractivity contribution in [3.05, 3.63) is 53.9 Å². The van der Waals surface area contributed by atoms with Crippen molar-refractivity contribution in [2.45, 2.75) is 43.4 Å². The summed E-state index contributed by atoms with van der Waals surface area (Å²) >= 11 is 0. The number of carbonyl (C=O) groups is 2. The Morgan fingerprint density at radius 2 is 2.06 bits per heavy atom. The van der Waals surface area contributed by atoms with Gasteiger partial charge in [0.25, 0.3) is 0 Å². The Balaban J connectivity index is 1.40. The summed E-state index contributed by atoms with van der Waals surface area (Å²) in [6.07, 6.45) is 5.42. The number of nitrogens with zero attached hydrogens (tertiary/aromatic N) is 2. The van der Waals surface area contributed by atoms with Crippen LogP contribution in [0.1, 0.15) is 36.9 Å². The van der Waals surface area contributed by atoms with E-state index in [1.807, 2.05) is 18.2 Å². The predicted molar refractivity (Wildman–Crippen MR) is 120 cm³/mol. The molecule has 0 saturated carbocycles. The molecule has 1 saturated heterocycles. The maximum absolute atomic E-state index is 13.3. The molecule has 9 heteroatoms. The first kappa shape index (κ1) is 22.4. The van der Waals surface area contributed by atoms with Gasteiger partial charge in [-0.2, -0.15) is 4.31 Å². The van der Waals surface area contributed by atoms with E-state index in [9.17, 15) is 18.0 Å². The predicted octanol–water partition coefficient (Wildman–Crippen LogP) is 2.12. The van der Waals surface area contributed by atoms with E-state index < -0.39 is 10.0 Å². The van der Waals surface area contributed by atoms with Gasteiger partial charge in [-0.05, 0) is 61.6 Å². The smallest absolute Gasteiger partial charge is 0.243 e. The normalized spacial score (nSPS) is 19.5. The number of sulfonamides is 1. The van der Waals surface area contributed by atoms with Gasteiger partial charge in [0.1, 0.15) is 0 Å². The fraction of sp³-hybridized carbons (Fsp3) is 0.435. The highest BCUT2D eigenvalue weighted by Gasteiger charge is 2.33. The zero-order valence-corrected chi connectivity index (χ0v) is 18.7. The second-order valence-corrected chi connectivity index (χ2v) is 10.2. The van der Waals surface area contributed by atoms with Gasteiger partial charge in [-0.25, -0.2) is 8.42 Å². The lowest BCUT2D eigenvalue weighted by molar-refractivity contribution is -0.126. The summed E-state index contributed by atoms with van der Waals surface area (Å²) in [5.41, 5.74) is 2.41. The molecular weight excluding hydrogens is 428 g/mol. The Morgan fingerprint density at radius 3 is 2.88 bits per heavy atom. The van der Waals surface area contributed by atoms with Crippen LogP contribution in [-0.4, -0.2) is 49.2 Å². The minimum absolute atomic E-state index is 0.0488. The summed E-state index contributed by atoms with van der Waals surface area (Å²) in [5.74, 6) is -0.542. The van der Waals surface area contributed by atoms with Crippen molar-refractivity contribution in [3.63, 3.8) is 0 Å². The standard InChI is InChI=1S/C23H28N4O4S/c28-22-8-3-5-17-15-20(9-10-21(17)26-22)32(30,31)27-14-4-6-18(16-27)23(29)25-13-11-19-7-1-2-12-24-19/h1-2,7,9-10,12,15,18H,3-6,8,11,13-14,16H2,(H,25,29)(H,26,28). The van der Waals surface area contributed by atoms with Crippen LogP contribution in [0.15, 0.2) is 47.5 Å². The summed E-state index contributed by atoms with van der Waals surface area (Å²) in [4.78, 5) is 28.9. The summed E-state index contributed by atoms with van der Waals surface area (Å²) in [6, 6.07) is 10.5. The Labute approximate surface area is 188 Å². The van der Waals surface area contributed by atoms with E-state index in [1.54, 1.807) is 18.3 Å². The third kappa shape index (κ3) is 5.16. The van der Waals surface area contributed by atoms with Crippen molar-refractivity contribution in [1.82, 2.24) is 14.6 Å². The number of amides is 2. The molecule has 1 unspecified atom stereocenters. The van der Waals surface area contributed by atoms with Gasteiger partial charge in [-0.15, -0.1) is 0 Å². The number of nitrogens with one attached hydrogen (secondary N) is 2. The van der Waals surface area contributed by atoms with Gasteiger partial charge >= 0.3 is 0 Å². The van der Waals surface area contributed by atoms with Gasteiger partial charge in [-0.1, -0.05) is 6.07 Å². The molecule has 32 heavy (non-hydrogen) atoms. The average Bonchev–Trinajstić information content (AvgIpc) is 2.99. The van der Waals surface area contributed by atoms with E-state index >= 15 is 0 Å². The van der Waals surface area contributed by atoms with Crippen LogP contribution in [0.5, 0.6) is 0 Å². The number of anilines is 1. The number of hydrogen-bond acceptors (Lipinski definition) is 5. The molecule has 1 aromatic carbocycles. The topological polar surface area (TPSA) is 108 Å². The van der Waals surface area contributed by atoms with Crippen molar-refractivity contribution in [2.75, 3.05) is 25.0 Å². The monoisotopic (exact) mass is 456 g/mol. The Bertz CT molecular complexity index is 1090. The van der Waals surface area contributed by atoms with Crippen molar-refractivity contribution in [2.24, 2.45) is 5.92 Å². The van der Waals surface area contributed by atoms with Gasteiger partial charge in [-0.3, -0.25) is 14.6 Å². The Kier molecular flexibility index (Phi) is 6.86. The molecule has 0 spiro atoms. The molecule has 2 aliphatic heterocycles. The van der Waals surface area contributed by atoms with Crippen LogP contribution in [0.2, 0.25) is 0 Å². The van der Waals surface area contributed by atoms with Gasteiger partial charge in [0.05, 0.1) is 10.8 Å². The molecule has 4 rings (SSSR count). The fourth-order valence-corrected chi connectivity index (χ4v) is 5.81. The molecule has 0 bridgehead atoms. The van der Waals surface area contributed by atoms with Crippen LogP contribution >= 0.6 is 0 Å². The summed E-state index contributed by atoms with van der Waals surface area (Å²) in [6.45, 7) is 1.04. The van der Waals surface area contributed by atoms with Gasteiger partial charge in [0, 0.05) is 50.1 Å². The number of carbonyl (C=O) groups excluding carboxylic acids is 2. The maximum atomic E-state index is 13.3. The van der Waals surface area contributed by atoms with Crippen LogP contribution in [-0.2, 0) is 32.5 Å². The number of piperidine rings is 1. The van der Waals surface area contributed by atoms with Crippen LogP contribution in [0.25, 0.3) is 0 Å². The molecule has 0 radical (unpaired) electrons. The highest BCUT2D eigenvalue weighted by molar-refractivity contribution is 7.89. The van der Waals surface area contributed by atoms with E-state index in [2.05, 4.69) is 15.6 Å². The molecule has 3 heterocycles. The largest absolute Gasteiger partial charge is 0.355 e. The summed E-state index contributed by atoms with van der Waals surface area (Å²) < 4.78 is 28.0. The first-order valence-corrected chi connectivity index (χ1v) is 12.5. The fourth-order valence-electron chi connectivity index (χ4n) is 4.24. The number of fused-ring (bicyclic) bond motifs is 1.